The van der Waals surface area contributed by atoms with Crippen molar-refractivity contribution < 1.29 is 31.9 Å². The number of nitrogens with zero attached hydrogens (tertiary/aromatic N) is 1. The van der Waals surface area contributed by atoms with Crippen molar-refractivity contribution in [3.05, 3.63) is 59.5 Å². The van der Waals surface area contributed by atoms with Crippen LogP contribution < -0.4 is 10.1 Å². The number of hydrogen-bond donors (Lipinski definition) is 1. The Morgan fingerprint density at radius 2 is 1.81 bits per heavy atom. The molecule has 1 aromatic heterocycles. The molecule has 0 saturated carbocycles. The minimum atomic E-state index is -4.52. The second-order valence-electron chi connectivity index (χ2n) is 5.77. The predicted octanol–water partition coefficient (Wildman–Crippen LogP) is 3.55. The molecular weight excluding hydrogens is 368 g/mol. The lowest BCUT2D eigenvalue weighted by Crippen LogP contribution is -2.34. The molecule has 2 rings (SSSR count). The number of nitrogens with one attached hydrogen (secondary N) is 1. The number of ketones is 1. The second-order valence-corrected chi connectivity index (χ2v) is 5.77. The maximum absolute atomic E-state index is 12.9. The van der Waals surface area contributed by atoms with Crippen molar-refractivity contribution in [2.45, 2.75) is 25.6 Å². The van der Waals surface area contributed by atoms with E-state index in [0.717, 1.165) is 12.1 Å². The Kier molecular flexibility index (Phi) is 6.49. The van der Waals surface area contributed by atoms with Gasteiger partial charge in [0.05, 0.1) is 0 Å². The molecule has 1 N–H and O–H groups in total. The van der Waals surface area contributed by atoms with E-state index in [1.165, 1.54) is 30.3 Å². The molecule has 27 heavy (non-hydrogen) atoms. The highest BCUT2D eigenvalue weighted by molar-refractivity contribution is 5.97. The highest BCUT2D eigenvalue weighted by Gasteiger charge is 2.28. The van der Waals surface area contributed by atoms with Crippen LogP contribution in [0.4, 0.5) is 17.6 Å². The molecule has 1 heterocycles. The zero-order valence-electron chi connectivity index (χ0n) is 14.2. The summed E-state index contributed by atoms with van der Waals surface area (Å²) in [4.78, 5) is 28.0. The van der Waals surface area contributed by atoms with Gasteiger partial charge < -0.3 is 10.1 Å². The molecular formula is C18H16F4N2O3. The van der Waals surface area contributed by atoms with Crippen LogP contribution in [0, 0.1) is 5.82 Å². The smallest absolute Gasteiger partial charge is 0.422 e. The summed E-state index contributed by atoms with van der Waals surface area (Å²) >= 11 is 0. The number of benzene rings is 1. The number of rotatable bonds is 7. The van der Waals surface area contributed by atoms with Gasteiger partial charge in [-0.25, -0.2) is 9.37 Å². The van der Waals surface area contributed by atoms with Gasteiger partial charge >= 0.3 is 6.18 Å². The molecule has 0 bridgehead atoms. The Hall–Kier alpha value is -2.97. The van der Waals surface area contributed by atoms with Crippen molar-refractivity contribution in [3.8, 4) is 5.88 Å². The van der Waals surface area contributed by atoms with E-state index in [0.29, 0.717) is 5.56 Å². The van der Waals surface area contributed by atoms with Gasteiger partial charge in [-0.05, 0) is 37.3 Å². The average molecular weight is 384 g/mol. The molecule has 0 saturated heterocycles. The number of halogens is 4. The number of pyridine rings is 1. The molecule has 144 valence electrons. The Morgan fingerprint density at radius 1 is 1.15 bits per heavy atom. The van der Waals surface area contributed by atoms with Gasteiger partial charge in [0.1, 0.15) is 11.5 Å². The summed E-state index contributed by atoms with van der Waals surface area (Å²) in [6.07, 6.45) is -4.56. The predicted molar refractivity (Wildman–Crippen MR) is 88.1 cm³/mol. The standard InChI is InChI=1S/C18H16F4N2O3/c1-11(9-15(25)12-5-7-13(19)8-6-12)23-17(26)14-3-2-4-16(24-14)27-10-18(20,21)22/h2-8,11H,9-10H2,1H3,(H,23,26)/t11-/m0/s1. The number of hydrogen-bond acceptors (Lipinski definition) is 4. The minimum absolute atomic E-state index is 0.0400. The van der Waals surface area contributed by atoms with E-state index < -0.39 is 30.5 Å². The number of ether oxygens (including phenoxy) is 1. The third-order valence-electron chi connectivity index (χ3n) is 3.38. The van der Waals surface area contributed by atoms with E-state index in [-0.39, 0.29) is 23.8 Å². The van der Waals surface area contributed by atoms with Gasteiger partial charge in [-0.1, -0.05) is 6.07 Å². The van der Waals surface area contributed by atoms with Crippen molar-refractivity contribution in [1.82, 2.24) is 10.3 Å². The third-order valence-corrected chi connectivity index (χ3v) is 3.38. The molecule has 9 heteroatoms. The van der Waals surface area contributed by atoms with E-state index in [1.807, 2.05) is 0 Å². The summed E-state index contributed by atoms with van der Waals surface area (Å²) in [5.74, 6) is -1.76. The molecule has 0 aliphatic heterocycles. The van der Waals surface area contributed by atoms with Crippen LogP contribution in [0.2, 0.25) is 0 Å². The molecule has 1 aromatic carbocycles. The fraction of sp³-hybridized carbons (Fsp3) is 0.278. The molecule has 0 radical (unpaired) electrons. The van der Waals surface area contributed by atoms with Gasteiger partial charge in [0.15, 0.2) is 12.4 Å². The van der Waals surface area contributed by atoms with Crippen LogP contribution in [0.15, 0.2) is 42.5 Å². The fourth-order valence-corrected chi connectivity index (χ4v) is 2.16. The number of alkyl halides is 3. The Balaban J connectivity index is 1.93. The van der Waals surface area contributed by atoms with Crippen molar-refractivity contribution in [1.29, 1.82) is 0 Å². The lowest BCUT2D eigenvalue weighted by atomic mass is 10.0. The van der Waals surface area contributed by atoms with E-state index in [9.17, 15) is 27.2 Å². The van der Waals surface area contributed by atoms with Crippen LogP contribution in [-0.2, 0) is 0 Å². The monoisotopic (exact) mass is 384 g/mol. The molecule has 1 amide bonds. The number of amides is 1. The van der Waals surface area contributed by atoms with Crippen molar-refractivity contribution >= 4 is 11.7 Å². The van der Waals surface area contributed by atoms with E-state index >= 15 is 0 Å². The summed E-state index contributed by atoms with van der Waals surface area (Å²) in [6.45, 7) is 0.0664. The SMILES string of the molecule is C[C@@H](CC(=O)c1ccc(F)cc1)NC(=O)c1cccc(OCC(F)(F)F)n1. The van der Waals surface area contributed by atoms with E-state index in [1.54, 1.807) is 6.92 Å². The van der Waals surface area contributed by atoms with Crippen LogP contribution in [0.3, 0.4) is 0 Å². The van der Waals surface area contributed by atoms with Gasteiger partial charge in [-0.2, -0.15) is 13.2 Å². The lowest BCUT2D eigenvalue weighted by molar-refractivity contribution is -0.154. The average Bonchev–Trinajstić information content (AvgIpc) is 2.60. The van der Waals surface area contributed by atoms with Crippen LogP contribution in [0.25, 0.3) is 0 Å². The second kappa shape index (κ2) is 8.61. The molecule has 0 spiro atoms. The topological polar surface area (TPSA) is 68.3 Å². The highest BCUT2D eigenvalue weighted by atomic mass is 19.4. The van der Waals surface area contributed by atoms with Crippen molar-refractivity contribution in [2.75, 3.05) is 6.61 Å². The first kappa shape index (κ1) is 20.3. The van der Waals surface area contributed by atoms with Crippen LogP contribution in [0.5, 0.6) is 5.88 Å². The van der Waals surface area contributed by atoms with Gasteiger partial charge in [0.2, 0.25) is 5.88 Å². The first-order valence-electron chi connectivity index (χ1n) is 7.90. The first-order valence-corrected chi connectivity index (χ1v) is 7.90. The fourth-order valence-electron chi connectivity index (χ4n) is 2.16. The van der Waals surface area contributed by atoms with Crippen molar-refractivity contribution in [2.24, 2.45) is 0 Å². The molecule has 0 unspecified atom stereocenters. The van der Waals surface area contributed by atoms with Crippen LogP contribution in [-0.4, -0.2) is 35.5 Å². The van der Waals surface area contributed by atoms with Gasteiger partial charge in [-0.15, -0.1) is 0 Å². The zero-order valence-corrected chi connectivity index (χ0v) is 14.2. The molecule has 0 aliphatic rings. The summed E-state index contributed by atoms with van der Waals surface area (Å²) in [7, 11) is 0. The number of aromatic nitrogens is 1. The molecule has 2 aromatic rings. The van der Waals surface area contributed by atoms with Crippen molar-refractivity contribution in [3.63, 3.8) is 0 Å². The molecule has 5 nitrogen and oxygen atoms in total. The maximum atomic E-state index is 12.9. The lowest BCUT2D eigenvalue weighted by Gasteiger charge is -2.14. The maximum Gasteiger partial charge on any atom is 0.422 e. The summed E-state index contributed by atoms with van der Waals surface area (Å²) in [5, 5.41) is 2.53. The van der Waals surface area contributed by atoms with Gasteiger partial charge in [0, 0.05) is 24.1 Å². The molecule has 1 atom stereocenters. The minimum Gasteiger partial charge on any atom is -0.468 e. The van der Waals surface area contributed by atoms with E-state index in [2.05, 4.69) is 15.0 Å². The zero-order chi connectivity index (χ0) is 20.0. The molecule has 0 aliphatic carbocycles. The largest absolute Gasteiger partial charge is 0.468 e. The number of carbonyl (C=O) groups excluding carboxylic acids is 2. The van der Waals surface area contributed by atoms with Gasteiger partial charge in [0.25, 0.3) is 5.91 Å². The normalized spacial score (nSPS) is 12.3. The Bertz CT molecular complexity index is 807. The van der Waals surface area contributed by atoms with E-state index in [4.69, 9.17) is 0 Å². The van der Waals surface area contributed by atoms with Crippen LogP contribution >= 0.6 is 0 Å². The van der Waals surface area contributed by atoms with Gasteiger partial charge in [-0.3, -0.25) is 9.59 Å². The summed E-state index contributed by atoms with van der Waals surface area (Å²) in [5.41, 5.74) is 0.161. The van der Waals surface area contributed by atoms with Crippen LogP contribution in [0.1, 0.15) is 34.2 Å². The third kappa shape index (κ3) is 6.69. The quantitative estimate of drug-likeness (QED) is 0.586. The Labute approximate surface area is 152 Å². The Morgan fingerprint density at radius 3 is 2.44 bits per heavy atom. The summed E-state index contributed by atoms with van der Waals surface area (Å²) in [6, 6.07) is 8.28. The molecule has 0 fully saturated rings. The number of Topliss-reactive ketones (excluding diaryl/α,β-unsaturated/α-hetero) is 1. The summed E-state index contributed by atoms with van der Waals surface area (Å²) < 4.78 is 53.9. The first-order chi connectivity index (χ1) is 12.6. The highest BCUT2D eigenvalue weighted by Crippen LogP contribution is 2.17. The number of carbonyl (C=O) groups is 2.